The Labute approximate surface area is 100 Å². The quantitative estimate of drug-likeness (QED) is 0.880. The molecule has 1 N–H and O–H groups in total. The first-order valence-electron chi connectivity index (χ1n) is 5.54. The van der Waals surface area contributed by atoms with Gasteiger partial charge in [0.1, 0.15) is 11.6 Å². The molecule has 1 heterocycles. The Morgan fingerprint density at radius 2 is 2.18 bits per heavy atom. The zero-order valence-corrected chi connectivity index (χ0v) is 10.2. The van der Waals surface area contributed by atoms with Gasteiger partial charge < -0.3 is 9.88 Å². The lowest BCUT2D eigenvalue weighted by molar-refractivity contribution is 0.552. The molecule has 0 aliphatic heterocycles. The van der Waals surface area contributed by atoms with Gasteiger partial charge in [-0.05, 0) is 20.0 Å². The summed E-state index contributed by atoms with van der Waals surface area (Å²) < 4.78 is 15.7. The minimum atomic E-state index is -0.227. The highest BCUT2D eigenvalue weighted by Gasteiger charge is 2.19. The van der Waals surface area contributed by atoms with Gasteiger partial charge in [-0.1, -0.05) is 17.7 Å². The van der Waals surface area contributed by atoms with E-state index < -0.39 is 0 Å². The predicted octanol–water partition coefficient (Wildman–Crippen LogP) is 2.18. The van der Waals surface area contributed by atoms with Crippen molar-refractivity contribution in [1.29, 1.82) is 0 Å². The SMILES string of the molecule is CNC(c1cc(C)ccc1F)c1nccn1C. The van der Waals surface area contributed by atoms with Gasteiger partial charge in [0.2, 0.25) is 0 Å². The van der Waals surface area contributed by atoms with Gasteiger partial charge in [0.15, 0.2) is 0 Å². The Morgan fingerprint density at radius 3 is 2.76 bits per heavy atom. The van der Waals surface area contributed by atoms with Crippen molar-refractivity contribution >= 4 is 0 Å². The van der Waals surface area contributed by atoms with Crippen LogP contribution in [0.15, 0.2) is 30.6 Å². The van der Waals surface area contributed by atoms with Crippen LogP contribution in [0.25, 0.3) is 0 Å². The first-order chi connectivity index (χ1) is 8.13. The summed E-state index contributed by atoms with van der Waals surface area (Å²) in [6, 6.07) is 4.89. The molecule has 1 unspecified atom stereocenters. The summed E-state index contributed by atoms with van der Waals surface area (Å²) in [5, 5.41) is 3.11. The minimum absolute atomic E-state index is 0.210. The average Bonchev–Trinajstić information content (AvgIpc) is 2.71. The fourth-order valence-electron chi connectivity index (χ4n) is 1.96. The van der Waals surface area contributed by atoms with E-state index in [1.165, 1.54) is 6.07 Å². The van der Waals surface area contributed by atoms with Crippen LogP contribution in [-0.2, 0) is 7.05 Å². The molecule has 0 aliphatic rings. The molecule has 1 atom stereocenters. The maximum atomic E-state index is 13.9. The summed E-state index contributed by atoms with van der Waals surface area (Å²) in [6.45, 7) is 1.95. The second-order valence-electron chi connectivity index (χ2n) is 4.14. The van der Waals surface area contributed by atoms with E-state index >= 15 is 0 Å². The molecule has 0 saturated heterocycles. The Bertz CT molecular complexity index is 519. The number of nitrogens with zero attached hydrogens (tertiary/aromatic N) is 2. The van der Waals surface area contributed by atoms with Gasteiger partial charge in [-0.15, -0.1) is 0 Å². The molecule has 0 amide bonds. The number of halogens is 1. The molecule has 0 fully saturated rings. The molecule has 4 heteroatoms. The Hall–Kier alpha value is -1.68. The molecule has 1 aromatic heterocycles. The lowest BCUT2D eigenvalue weighted by atomic mass is 10.0. The van der Waals surface area contributed by atoms with Gasteiger partial charge in [-0.3, -0.25) is 0 Å². The highest BCUT2D eigenvalue weighted by Crippen LogP contribution is 2.23. The van der Waals surface area contributed by atoms with E-state index in [0.717, 1.165) is 11.4 Å². The molecule has 90 valence electrons. The van der Waals surface area contributed by atoms with Gasteiger partial charge in [0.05, 0.1) is 6.04 Å². The van der Waals surface area contributed by atoms with Crippen LogP contribution < -0.4 is 5.32 Å². The largest absolute Gasteiger partial charge is 0.336 e. The molecule has 17 heavy (non-hydrogen) atoms. The van der Waals surface area contributed by atoms with Gasteiger partial charge >= 0.3 is 0 Å². The third-order valence-electron chi connectivity index (χ3n) is 2.87. The van der Waals surface area contributed by atoms with Crippen molar-refractivity contribution in [1.82, 2.24) is 14.9 Å². The highest BCUT2D eigenvalue weighted by atomic mass is 19.1. The van der Waals surface area contributed by atoms with Crippen molar-refractivity contribution in [2.24, 2.45) is 7.05 Å². The monoisotopic (exact) mass is 233 g/mol. The topological polar surface area (TPSA) is 29.9 Å². The van der Waals surface area contributed by atoms with Crippen molar-refractivity contribution in [3.05, 3.63) is 53.4 Å². The summed E-state index contributed by atoms with van der Waals surface area (Å²) in [7, 11) is 3.71. The summed E-state index contributed by atoms with van der Waals surface area (Å²) >= 11 is 0. The number of benzene rings is 1. The molecule has 3 nitrogen and oxygen atoms in total. The minimum Gasteiger partial charge on any atom is -0.336 e. The maximum Gasteiger partial charge on any atom is 0.130 e. The average molecular weight is 233 g/mol. The fourth-order valence-corrected chi connectivity index (χ4v) is 1.96. The van der Waals surface area contributed by atoms with E-state index in [0.29, 0.717) is 5.56 Å². The van der Waals surface area contributed by atoms with Crippen LogP contribution in [0.5, 0.6) is 0 Å². The highest BCUT2D eigenvalue weighted by molar-refractivity contribution is 5.30. The van der Waals surface area contributed by atoms with Crippen molar-refractivity contribution in [2.75, 3.05) is 7.05 Å². The Balaban J connectivity index is 2.49. The van der Waals surface area contributed by atoms with Crippen molar-refractivity contribution < 1.29 is 4.39 Å². The predicted molar refractivity (Wildman–Crippen MR) is 65.2 cm³/mol. The second kappa shape index (κ2) is 4.67. The lowest BCUT2D eigenvalue weighted by Crippen LogP contribution is -2.22. The number of imidazole rings is 1. The van der Waals surface area contributed by atoms with Gasteiger partial charge in [0.25, 0.3) is 0 Å². The molecule has 2 aromatic rings. The number of hydrogen-bond donors (Lipinski definition) is 1. The molecular weight excluding hydrogens is 217 g/mol. The van der Waals surface area contributed by atoms with Crippen molar-refractivity contribution in [3.8, 4) is 0 Å². The normalized spacial score (nSPS) is 12.7. The van der Waals surface area contributed by atoms with Crippen LogP contribution >= 0.6 is 0 Å². The third kappa shape index (κ3) is 2.22. The van der Waals surface area contributed by atoms with Crippen LogP contribution in [0.4, 0.5) is 4.39 Å². The number of nitrogens with one attached hydrogen (secondary N) is 1. The maximum absolute atomic E-state index is 13.9. The second-order valence-corrected chi connectivity index (χ2v) is 4.14. The number of aromatic nitrogens is 2. The standard InChI is InChI=1S/C13H16FN3/c1-9-4-5-11(14)10(8-9)12(15-2)13-16-6-7-17(13)3/h4-8,12,15H,1-3H3. The van der Waals surface area contributed by atoms with Crippen LogP contribution in [0, 0.1) is 12.7 Å². The molecule has 0 aliphatic carbocycles. The van der Waals surface area contributed by atoms with E-state index in [1.54, 1.807) is 19.3 Å². The van der Waals surface area contributed by atoms with Crippen molar-refractivity contribution in [3.63, 3.8) is 0 Å². The van der Waals surface area contributed by atoms with E-state index in [2.05, 4.69) is 10.3 Å². The smallest absolute Gasteiger partial charge is 0.130 e. The third-order valence-corrected chi connectivity index (χ3v) is 2.87. The number of rotatable bonds is 3. The van der Waals surface area contributed by atoms with E-state index in [9.17, 15) is 4.39 Å². The van der Waals surface area contributed by atoms with Crippen LogP contribution in [0.1, 0.15) is 23.0 Å². The van der Waals surface area contributed by atoms with Crippen LogP contribution in [-0.4, -0.2) is 16.6 Å². The van der Waals surface area contributed by atoms with E-state index in [-0.39, 0.29) is 11.9 Å². The molecular formula is C13H16FN3. The van der Waals surface area contributed by atoms with Crippen LogP contribution in [0.2, 0.25) is 0 Å². The van der Waals surface area contributed by atoms with Gasteiger partial charge in [-0.25, -0.2) is 9.37 Å². The molecule has 0 saturated carbocycles. The molecule has 0 bridgehead atoms. The molecule has 2 rings (SSSR count). The fraction of sp³-hybridized carbons (Fsp3) is 0.308. The molecule has 1 aromatic carbocycles. The Morgan fingerprint density at radius 1 is 1.41 bits per heavy atom. The Kier molecular flexibility index (Phi) is 3.24. The summed E-state index contributed by atoms with van der Waals surface area (Å²) in [4.78, 5) is 4.27. The summed E-state index contributed by atoms with van der Waals surface area (Å²) in [5.74, 6) is 0.593. The molecule has 0 spiro atoms. The summed E-state index contributed by atoms with van der Waals surface area (Å²) in [6.07, 6.45) is 3.57. The zero-order chi connectivity index (χ0) is 12.4. The zero-order valence-electron chi connectivity index (χ0n) is 10.2. The van der Waals surface area contributed by atoms with Crippen LogP contribution in [0.3, 0.4) is 0 Å². The van der Waals surface area contributed by atoms with Gasteiger partial charge in [0, 0.05) is 25.0 Å². The lowest BCUT2D eigenvalue weighted by Gasteiger charge is -2.17. The first kappa shape index (κ1) is 11.8. The first-order valence-corrected chi connectivity index (χ1v) is 5.54. The number of aryl methyl sites for hydroxylation is 2. The van der Waals surface area contributed by atoms with Gasteiger partial charge in [-0.2, -0.15) is 0 Å². The van der Waals surface area contributed by atoms with Crippen molar-refractivity contribution in [2.45, 2.75) is 13.0 Å². The molecule has 0 radical (unpaired) electrons. The number of hydrogen-bond acceptors (Lipinski definition) is 2. The van der Waals surface area contributed by atoms with E-state index in [1.807, 2.05) is 30.8 Å². The van der Waals surface area contributed by atoms with E-state index in [4.69, 9.17) is 0 Å². The summed E-state index contributed by atoms with van der Waals surface area (Å²) in [5.41, 5.74) is 1.66.